The number of carbonyl (C=O) groups is 1. The normalized spacial score (nSPS) is 18.8. The minimum Gasteiger partial charge on any atom is 0 e. The second-order valence-electron chi connectivity index (χ2n) is 11.5. The Morgan fingerprint density at radius 3 is 1.53 bits per heavy atom. The van der Waals surface area contributed by atoms with E-state index in [1.165, 1.54) is 0 Å². The summed E-state index contributed by atoms with van der Waals surface area (Å²) in [6.45, 7) is 32.0. The average Bonchev–Trinajstić information content (AvgIpc) is 3.18. The minimum atomic E-state index is -2.17. The van der Waals surface area contributed by atoms with Crippen LogP contribution in [0, 0.1) is 20.0 Å². The summed E-state index contributed by atoms with van der Waals surface area (Å²) in [7, 11) is -2.35. The Labute approximate surface area is 241 Å². The van der Waals surface area contributed by atoms with Crippen molar-refractivity contribution in [1.82, 2.24) is 0 Å². The topological polar surface area (TPSA) is 86.0 Å². The van der Waals surface area contributed by atoms with Crippen molar-refractivity contribution in [1.29, 1.82) is 0 Å². The molecule has 0 N–H and O–H groups in total. The number of ether oxygens (including phenoxy) is 1. The van der Waals surface area contributed by atoms with Gasteiger partial charge in [0.2, 0.25) is 0 Å². The first kappa shape index (κ1) is 38.1. The maximum atomic E-state index is 14.5. The molecule has 0 spiro atoms. The van der Waals surface area contributed by atoms with Gasteiger partial charge in [-0.2, -0.15) is 0 Å². The summed E-state index contributed by atoms with van der Waals surface area (Å²) in [5.74, 6) is 0.329. The van der Waals surface area contributed by atoms with Crippen molar-refractivity contribution in [2.75, 3.05) is 7.11 Å². The number of ketones is 1. The van der Waals surface area contributed by atoms with Crippen LogP contribution in [0.15, 0.2) is 65.9 Å². The van der Waals surface area contributed by atoms with Gasteiger partial charge >= 0.3 is 33.9 Å². The van der Waals surface area contributed by atoms with Crippen LogP contribution in [0.25, 0.3) is 5.57 Å². The molecule has 0 aromatic heterocycles. The zero-order chi connectivity index (χ0) is 29.2. The van der Waals surface area contributed by atoms with Gasteiger partial charge in [0.15, 0.2) is 5.78 Å². The van der Waals surface area contributed by atoms with E-state index in [4.69, 9.17) is 18.7 Å². The van der Waals surface area contributed by atoms with Gasteiger partial charge in [0, 0.05) is 24.5 Å². The first-order valence-electron chi connectivity index (χ1n) is 11.9. The molecule has 1 aliphatic carbocycles. The van der Waals surface area contributed by atoms with Crippen molar-refractivity contribution in [2.45, 2.75) is 69.7 Å². The molecule has 0 saturated carbocycles. The molecule has 2 aromatic carbocycles. The van der Waals surface area contributed by atoms with Crippen LogP contribution in [0.1, 0.15) is 31.9 Å². The molecule has 0 radical (unpaired) electrons. The minimum absolute atomic E-state index is 0. The van der Waals surface area contributed by atoms with Crippen molar-refractivity contribution < 1.29 is 40.8 Å². The van der Waals surface area contributed by atoms with Crippen LogP contribution in [-0.4, -0.2) is 29.0 Å². The van der Waals surface area contributed by atoms with E-state index in [1.807, 2.05) is 12.1 Å². The third-order valence-electron chi connectivity index (χ3n) is 7.49. The van der Waals surface area contributed by atoms with Crippen LogP contribution < -0.4 is 0 Å². The first-order valence-corrected chi connectivity index (χ1v) is 18.4. The molecular formula is C30H38CrO5Si2. The maximum absolute atomic E-state index is 14.5. The van der Waals surface area contributed by atoms with Gasteiger partial charge in [-0.25, -0.2) is 0 Å². The molecule has 38 heavy (non-hydrogen) atoms. The van der Waals surface area contributed by atoms with E-state index < -0.39 is 21.7 Å². The fourth-order valence-electron chi connectivity index (χ4n) is 5.08. The average molecular weight is 587 g/mol. The van der Waals surface area contributed by atoms with E-state index in [1.54, 1.807) is 7.11 Å². The number of methoxy groups -OCH3 is 1. The summed E-state index contributed by atoms with van der Waals surface area (Å²) in [6, 6.07) is 20.9. The van der Waals surface area contributed by atoms with Crippen molar-refractivity contribution in [3.63, 3.8) is 0 Å². The SMILES string of the molecule is CO[C@]1(c2ccccc2)C(c2ccccc2)=C([Si](C)(C)C(C)(C)C)C(=O)[C@H]1[Si](C)(C)C.[C-]#[O+].[C-]#[O+].[C-]#[O+].[Cr]. The van der Waals surface area contributed by atoms with Gasteiger partial charge in [-0.15, -0.1) is 0 Å². The number of hydrogen-bond donors (Lipinski definition) is 0. The quantitative estimate of drug-likeness (QED) is 0.211. The predicted molar refractivity (Wildman–Crippen MR) is 150 cm³/mol. The molecule has 0 unspecified atom stereocenters. The van der Waals surface area contributed by atoms with Crippen LogP contribution in [0.4, 0.5) is 0 Å². The monoisotopic (exact) mass is 586 g/mol. The standard InChI is InChI=1S/C27H38O2Si2.3CO.Cr/c1-26(2,3)31(8,9)24-22(20-16-12-10-13-17-20)27(29-4,21-18-14-11-15-19-21)25(23(24)28)30(5,6)7;3*1-2;/h10-19,25H,1-9H3;;;;/t25-,27-;;;;/m1..../s1. The second kappa shape index (κ2) is 15.6. The van der Waals surface area contributed by atoms with Gasteiger partial charge in [0.05, 0.1) is 21.7 Å². The number of Topliss-reactive ketones (excluding diaryl/α,β-unsaturated/α-hetero) is 1. The first-order chi connectivity index (χ1) is 17.3. The third kappa shape index (κ3) is 7.14. The Hall–Kier alpha value is -2.00. The molecule has 3 rings (SSSR count). The van der Waals surface area contributed by atoms with Crippen molar-refractivity contribution in [2.24, 2.45) is 0 Å². The van der Waals surface area contributed by atoms with Crippen LogP contribution in [-0.2, 0) is 46.5 Å². The summed E-state index contributed by atoms with van der Waals surface area (Å²) >= 11 is 0. The van der Waals surface area contributed by atoms with E-state index in [-0.39, 0.29) is 27.9 Å². The van der Waals surface area contributed by atoms with Gasteiger partial charge in [0.25, 0.3) is 0 Å². The molecule has 0 heterocycles. The van der Waals surface area contributed by atoms with E-state index in [2.05, 4.69) is 122 Å². The molecule has 5 nitrogen and oxygen atoms in total. The summed E-state index contributed by atoms with van der Waals surface area (Å²) < 4.78 is 29.1. The molecule has 202 valence electrons. The van der Waals surface area contributed by atoms with Crippen molar-refractivity contribution >= 4 is 27.5 Å². The number of benzene rings is 2. The Bertz CT molecular complexity index is 1110. The fourth-order valence-corrected chi connectivity index (χ4v) is 10.3. The predicted octanol–water partition coefficient (Wildman–Crippen LogP) is 7.21. The summed E-state index contributed by atoms with van der Waals surface area (Å²) in [5, 5.41) is 1.12. The van der Waals surface area contributed by atoms with Crippen molar-refractivity contribution in [3.05, 3.63) is 96.9 Å². The molecule has 2 atom stereocenters. The van der Waals surface area contributed by atoms with Gasteiger partial charge in [0.1, 0.15) is 5.60 Å². The zero-order valence-corrected chi connectivity index (χ0v) is 27.1. The van der Waals surface area contributed by atoms with Crippen LogP contribution in [0.2, 0.25) is 43.3 Å². The van der Waals surface area contributed by atoms with E-state index in [0.717, 1.165) is 21.9 Å². The Morgan fingerprint density at radius 2 is 1.18 bits per heavy atom. The molecule has 8 heteroatoms. The molecule has 0 bridgehead atoms. The van der Waals surface area contributed by atoms with Crippen LogP contribution in [0.3, 0.4) is 0 Å². The summed E-state index contributed by atoms with van der Waals surface area (Å²) in [6.07, 6.45) is 0. The van der Waals surface area contributed by atoms with Crippen LogP contribution in [0.5, 0.6) is 0 Å². The number of hydrogen-bond acceptors (Lipinski definition) is 2. The largest absolute Gasteiger partial charge is 0 e. The fraction of sp³-hybridized carbons (Fsp3) is 0.400. The van der Waals surface area contributed by atoms with E-state index >= 15 is 0 Å². The number of rotatable bonds is 5. The number of allylic oxidation sites excluding steroid dienone is 1. The van der Waals surface area contributed by atoms with Crippen LogP contribution >= 0.6 is 0 Å². The van der Waals surface area contributed by atoms with Gasteiger partial charge in [-0.1, -0.05) is 114 Å². The van der Waals surface area contributed by atoms with Crippen molar-refractivity contribution in [3.8, 4) is 0 Å². The molecule has 0 saturated heterocycles. The smallest absolute Gasteiger partial charge is 0 e. The molecule has 0 amide bonds. The van der Waals surface area contributed by atoms with E-state index in [9.17, 15) is 4.79 Å². The van der Waals surface area contributed by atoms with Gasteiger partial charge < -0.3 is 4.74 Å². The summed E-state index contributed by atoms with van der Waals surface area (Å²) in [4.78, 5) is 14.5. The number of carbonyl (C=O) groups excluding carboxylic acids is 1. The second-order valence-corrected chi connectivity index (χ2v) is 22.0. The summed E-state index contributed by atoms with van der Waals surface area (Å²) in [5.41, 5.74) is 2.40. The molecule has 0 fully saturated rings. The molecular weight excluding hydrogens is 548 g/mol. The van der Waals surface area contributed by atoms with Gasteiger partial charge in [-0.05, 0) is 26.9 Å². The maximum Gasteiger partial charge on any atom is 0 e. The molecule has 2 aromatic rings. The molecule has 0 aliphatic heterocycles. The van der Waals surface area contributed by atoms with Gasteiger partial charge in [-0.3, -0.25) is 4.79 Å². The Kier molecular flexibility index (Phi) is 15.6. The van der Waals surface area contributed by atoms with E-state index in [0.29, 0.717) is 5.78 Å². The third-order valence-corrected chi connectivity index (χ3v) is 15.4. The zero-order valence-electron chi connectivity index (χ0n) is 23.8. The Morgan fingerprint density at radius 1 is 0.789 bits per heavy atom. The Balaban J connectivity index is 0. The molecule has 1 aliphatic rings.